The van der Waals surface area contributed by atoms with Gasteiger partial charge in [-0.05, 0) is 62.8 Å². The molecule has 0 aliphatic carbocycles. The fraction of sp³-hybridized carbons (Fsp3) is 0.391. The minimum Gasteiger partial charge on any atom is -0.309 e. The predicted octanol–water partition coefficient (Wildman–Crippen LogP) is 5.98. The van der Waals surface area contributed by atoms with E-state index in [2.05, 4.69) is 0 Å². The van der Waals surface area contributed by atoms with Gasteiger partial charge < -0.3 is 4.90 Å². The summed E-state index contributed by atoms with van der Waals surface area (Å²) in [6.07, 6.45) is -4.51. The second kappa shape index (κ2) is 9.11. The molecule has 1 aromatic heterocycles. The Morgan fingerprint density at radius 2 is 1.69 bits per heavy atom. The molecule has 0 saturated carbocycles. The van der Waals surface area contributed by atoms with Crippen molar-refractivity contribution in [3.63, 3.8) is 0 Å². The molecule has 0 fully saturated rings. The van der Waals surface area contributed by atoms with Gasteiger partial charge in [0.1, 0.15) is 0 Å². The predicted molar refractivity (Wildman–Crippen MR) is 124 cm³/mol. The van der Waals surface area contributed by atoms with Crippen LogP contribution in [-0.4, -0.2) is 43.7 Å². The Morgan fingerprint density at radius 1 is 1.06 bits per heavy atom. The first kappa shape index (κ1) is 24.7. The van der Waals surface area contributed by atoms with Crippen LogP contribution in [0.5, 0.6) is 0 Å². The summed E-state index contributed by atoms with van der Waals surface area (Å²) in [5, 5.41) is 0.295. The minimum absolute atomic E-state index is 0.103. The first-order valence-corrected chi connectivity index (χ1v) is 12.6. The molecular weight excluding hydrogens is 457 g/mol. The second-order valence-electron chi connectivity index (χ2n) is 8.29. The zero-order chi connectivity index (χ0) is 23.8. The highest BCUT2D eigenvalue weighted by molar-refractivity contribution is 7.99. The fourth-order valence-corrected chi connectivity index (χ4v) is 6.39. The van der Waals surface area contributed by atoms with Crippen molar-refractivity contribution < 1.29 is 21.6 Å². The van der Waals surface area contributed by atoms with Crippen LogP contribution in [0.4, 0.5) is 13.2 Å². The summed E-state index contributed by atoms with van der Waals surface area (Å²) >= 11 is 1.37. The van der Waals surface area contributed by atoms with Gasteiger partial charge in [0.25, 0.3) is 10.0 Å². The Kier molecular flexibility index (Phi) is 7.02. The second-order valence-corrected chi connectivity index (χ2v) is 11.2. The molecule has 0 radical (unpaired) electrons. The summed E-state index contributed by atoms with van der Waals surface area (Å²) < 4.78 is 68.4. The maximum Gasteiger partial charge on any atom is 0.416 e. The molecule has 32 heavy (non-hydrogen) atoms. The maximum atomic E-state index is 13.6. The maximum absolute atomic E-state index is 13.6. The normalized spacial score (nSPS) is 12.9. The number of halogens is 3. The van der Waals surface area contributed by atoms with E-state index in [1.54, 1.807) is 31.2 Å². The minimum atomic E-state index is -4.51. The van der Waals surface area contributed by atoms with Crippen LogP contribution in [0.15, 0.2) is 52.3 Å². The van der Waals surface area contributed by atoms with Gasteiger partial charge in [0.05, 0.1) is 16.0 Å². The largest absolute Gasteiger partial charge is 0.416 e. The third-order valence-electron chi connectivity index (χ3n) is 5.29. The Hall–Kier alpha value is -1.97. The zero-order valence-electron chi connectivity index (χ0n) is 18.7. The molecule has 4 nitrogen and oxygen atoms in total. The van der Waals surface area contributed by atoms with Gasteiger partial charge in [-0.2, -0.15) is 13.2 Å². The molecule has 0 saturated heterocycles. The van der Waals surface area contributed by atoms with Gasteiger partial charge in [-0.3, -0.25) is 0 Å². The summed E-state index contributed by atoms with van der Waals surface area (Å²) in [5.74, 6) is 0.869. The summed E-state index contributed by atoms with van der Waals surface area (Å²) in [7, 11) is -0.183. The van der Waals surface area contributed by atoms with Crippen LogP contribution in [0.3, 0.4) is 0 Å². The fourth-order valence-electron chi connectivity index (χ4n) is 3.49. The number of thioether (sulfide) groups is 1. The van der Waals surface area contributed by atoms with E-state index in [1.807, 2.05) is 32.8 Å². The Morgan fingerprint density at radius 3 is 2.22 bits per heavy atom. The van der Waals surface area contributed by atoms with Crippen molar-refractivity contribution in [3.8, 4) is 0 Å². The van der Waals surface area contributed by atoms with Crippen LogP contribution < -0.4 is 0 Å². The van der Waals surface area contributed by atoms with Crippen LogP contribution in [0.2, 0.25) is 0 Å². The monoisotopic (exact) mass is 484 g/mol. The number of rotatable bonds is 7. The summed E-state index contributed by atoms with van der Waals surface area (Å²) in [5.41, 5.74) is 0.870. The molecule has 2 aromatic carbocycles. The van der Waals surface area contributed by atoms with Gasteiger partial charge in [0.15, 0.2) is 0 Å². The lowest BCUT2D eigenvalue weighted by Crippen LogP contribution is -2.15. The first-order chi connectivity index (χ1) is 14.8. The average Bonchev–Trinajstić information content (AvgIpc) is 2.98. The molecule has 0 unspecified atom stereocenters. The molecule has 3 aromatic rings. The number of nitrogens with zero attached hydrogens (tertiary/aromatic N) is 2. The molecule has 1 heterocycles. The van der Waals surface area contributed by atoms with Gasteiger partial charge >= 0.3 is 6.18 Å². The lowest BCUT2D eigenvalue weighted by molar-refractivity contribution is -0.137. The third kappa shape index (κ3) is 4.84. The first-order valence-electron chi connectivity index (χ1n) is 10.2. The number of fused-ring (bicyclic) bond motifs is 1. The molecule has 0 N–H and O–H groups in total. The molecule has 0 aliphatic rings. The van der Waals surface area contributed by atoms with E-state index in [0.717, 1.165) is 17.7 Å². The van der Waals surface area contributed by atoms with Crippen LogP contribution >= 0.6 is 11.8 Å². The summed E-state index contributed by atoms with van der Waals surface area (Å²) in [6, 6.07) is 9.89. The van der Waals surface area contributed by atoms with Gasteiger partial charge in [-0.25, -0.2) is 12.4 Å². The molecule has 9 heteroatoms. The smallest absolute Gasteiger partial charge is 0.309 e. The van der Waals surface area contributed by atoms with Crippen LogP contribution in [-0.2, 0) is 16.2 Å². The van der Waals surface area contributed by atoms with Gasteiger partial charge in [0.2, 0.25) is 0 Å². The number of hydrogen-bond acceptors (Lipinski definition) is 4. The summed E-state index contributed by atoms with van der Waals surface area (Å²) in [4.78, 5) is 2.62. The number of alkyl halides is 3. The van der Waals surface area contributed by atoms with E-state index in [9.17, 15) is 21.6 Å². The highest BCUT2D eigenvalue weighted by atomic mass is 32.2. The standard InChI is InChI=1S/C23H27F3N2O2S2/c1-15(2)17-6-9-19(10-7-17)32(29,30)28-16(3)22(31-13-12-27(4)5)20-14-18(23(24,25)26)8-11-21(20)28/h6-11,14-15H,12-13H2,1-5H3. The van der Waals surface area contributed by atoms with Crippen molar-refractivity contribution in [2.24, 2.45) is 0 Å². The van der Waals surface area contributed by atoms with Crippen LogP contribution in [0.1, 0.15) is 36.6 Å². The van der Waals surface area contributed by atoms with E-state index >= 15 is 0 Å². The SMILES string of the molecule is Cc1c(SCCN(C)C)c2cc(C(F)(F)F)ccc2n1S(=O)(=O)c1ccc(C(C)C)cc1. The van der Waals surface area contributed by atoms with Crippen molar-refractivity contribution in [2.45, 2.75) is 42.7 Å². The molecule has 0 amide bonds. The van der Waals surface area contributed by atoms with E-state index in [4.69, 9.17) is 0 Å². The average molecular weight is 485 g/mol. The van der Waals surface area contributed by atoms with Crippen LogP contribution in [0, 0.1) is 6.92 Å². The molecular formula is C23H27F3N2O2S2. The quantitative estimate of drug-likeness (QED) is 0.387. The number of benzene rings is 2. The molecule has 0 aliphatic heterocycles. The number of aromatic nitrogens is 1. The third-order valence-corrected chi connectivity index (χ3v) is 8.30. The lowest BCUT2D eigenvalue weighted by atomic mass is 10.0. The molecule has 0 bridgehead atoms. The van der Waals surface area contributed by atoms with Gasteiger partial charge in [0, 0.05) is 28.3 Å². The van der Waals surface area contributed by atoms with Crippen molar-refractivity contribution in [2.75, 3.05) is 26.4 Å². The number of hydrogen-bond donors (Lipinski definition) is 0. The topological polar surface area (TPSA) is 42.3 Å². The van der Waals surface area contributed by atoms with Gasteiger partial charge in [-0.1, -0.05) is 26.0 Å². The van der Waals surface area contributed by atoms with Crippen molar-refractivity contribution in [1.29, 1.82) is 0 Å². The highest BCUT2D eigenvalue weighted by Crippen LogP contribution is 2.40. The summed E-state index contributed by atoms with van der Waals surface area (Å²) in [6.45, 7) is 6.38. The van der Waals surface area contributed by atoms with Gasteiger partial charge in [-0.15, -0.1) is 11.8 Å². The van der Waals surface area contributed by atoms with E-state index in [-0.39, 0.29) is 16.3 Å². The molecule has 3 rings (SSSR count). The Bertz CT molecular complexity index is 1210. The Labute approximate surface area is 191 Å². The van der Waals surface area contributed by atoms with E-state index < -0.39 is 21.8 Å². The molecule has 174 valence electrons. The zero-order valence-corrected chi connectivity index (χ0v) is 20.3. The van der Waals surface area contributed by atoms with Crippen molar-refractivity contribution in [1.82, 2.24) is 8.87 Å². The van der Waals surface area contributed by atoms with Crippen LogP contribution in [0.25, 0.3) is 10.9 Å². The lowest BCUT2D eigenvalue weighted by Gasteiger charge is -2.12. The Balaban J connectivity index is 2.20. The molecule has 0 spiro atoms. The highest BCUT2D eigenvalue weighted by Gasteiger charge is 2.32. The van der Waals surface area contributed by atoms with Crippen molar-refractivity contribution >= 4 is 32.7 Å². The van der Waals surface area contributed by atoms with Crippen molar-refractivity contribution in [3.05, 3.63) is 59.3 Å². The van der Waals surface area contributed by atoms with E-state index in [1.165, 1.54) is 21.8 Å². The molecule has 0 atom stereocenters. The van der Waals surface area contributed by atoms with E-state index in [0.29, 0.717) is 28.3 Å².